The zero-order valence-electron chi connectivity index (χ0n) is 25.7. The van der Waals surface area contributed by atoms with Crippen molar-refractivity contribution < 1.29 is 29.6 Å². The van der Waals surface area contributed by atoms with Crippen molar-refractivity contribution in [2.75, 3.05) is 31.1 Å². The Morgan fingerprint density at radius 3 is 2.67 bits per heavy atom. The Labute approximate surface area is 269 Å². The van der Waals surface area contributed by atoms with Gasteiger partial charge in [-0.15, -0.1) is 13.2 Å². The molecule has 2 aliphatic heterocycles. The number of aryl methyl sites for hydroxylation is 1. The van der Waals surface area contributed by atoms with E-state index in [0.717, 1.165) is 38.5 Å². The average molecular weight is 635 g/mol. The molecule has 8 nitrogen and oxygen atoms in total. The lowest BCUT2D eigenvalue weighted by Crippen LogP contribution is -2.53. The third-order valence-electron chi connectivity index (χ3n) is 10.8. The number of anilines is 1. The van der Waals surface area contributed by atoms with Crippen LogP contribution in [-0.2, 0) is 27.0 Å². The Hall–Kier alpha value is -3.33. The van der Waals surface area contributed by atoms with Gasteiger partial charge in [-0.25, -0.2) is 4.79 Å². The molecule has 1 saturated heterocycles. The van der Waals surface area contributed by atoms with E-state index in [1.54, 1.807) is 35.3 Å². The van der Waals surface area contributed by atoms with Gasteiger partial charge in [0.05, 0.1) is 24.8 Å². The van der Waals surface area contributed by atoms with Gasteiger partial charge >= 0.3 is 5.97 Å². The fourth-order valence-corrected chi connectivity index (χ4v) is 8.12. The minimum atomic E-state index is -2.41. The Morgan fingerprint density at radius 1 is 1.18 bits per heavy atom. The predicted octanol–water partition coefficient (Wildman–Crippen LogP) is 5.23. The average Bonchev–Trinajstić information content (AvgIpc) is 3.14. The first-order valence-corrected chi connectivity index (χ1v) is 16.4. The molecule has 9 heteroatoms. The van der Waals surface area contributed by atoms with E-state index in [1.165, 1.54) is 11.1 Å². The molecule has 0 aromatic heterocycles. The normalized spacial score (nSPS) is 27.4. The van der Waals surface area contributed by atoms with Crippen LogP contribution in [0.5, 0.6) is 5.75 Å². The van der Waals surface area contributed by atoms with E-state index in [-0.39, 0.29) is 28.9 Å². The lowest BCUT2D eigenvalue weighted by Gasteiger charge is -2.45. The summed E-state index contributed by atoms with van der Waals surface area (Å²) in [5, 5.41) is 33.3. The predicted molar refractivity (Wildman–Crippen MR) is 174 cm³/mol. The number of fused-ring (bicyclic) bond motifs is 3. The summed E-state index contributed by atoms with van der Waals surface area (Å²) in [5.74, 6) is -0.982. The molecule has 2 fully saturated rings. The van der Waals surface area contributed by atoms with Gasteiger partial charge in [-0.2, -0.15) is 0 Å². The molecule has 1 saturated carbocycles. The SMILES string of the molecule is C=CC[C@H]1CCN1C(=O)C[C@](O)(C(=O)O)c1ccc2c(c1)N(C[C@@H]1CC[C@H]1[C@@H](O)C=C)C[C@@]1(CCCc3cc(Cl)ccc31)CO2. The highest BCUT2D eigenvalue weighted by Crippen LogP contribution is 2.47. The van der Waals surface area contributed by atoms with E-state index in [4.69, 9.17) is 16.3 Å². The molecule has 4 aliphatic rings. The van der Waals surface area contributed by atoms with Gasteiger partial charge in [-0.05, 0) is 97.7 Å². The van der Waals surface area contributed by atoms with E-state index in [9.17, 15) is 24.9 Å². The molecular formula is C36H43ClN2O6. The van der Waals surface area contributed by atoms with Crippen LogP contribution in [0.15, 0.2) is 61.7 Å². The molecule has 45 heavy (non-hydrogen) atoms. The molecule has 0 bridgehead atoms. The largest absolute Gasteiger partial charge is 0.490 e. The van der Waals surface area contributed by atoms with Crippen LogP contribution in [-0.4, -0.2) is 70.5 Å². The highest BCUT2D eigenvalue weighted by molar-refractivity contribution is 6.30. The Bertz CT molecular complexity index is 1500. The van der Waals surface area contributed by atoms with Gasteiger partial charge in [-0.1, -0.05) is 35.9 Å². The summed E-state index contributed by atoms with van der Waals surface area (Å²) < 4.78 is 6.55. The summed E-state index contributed by atoms with van der Waals surface area (Å²) in [5.41, 5.74) is 0.507. The number of hydrogen-bond donors (Lipinski definition) is 3. The number of carboxylic acids is 1. The maximum Gasteiger partial charge on any atom is 0.340 e. The monoisotopic (exact) mass is 634 g/mol. The first-order valence-electron chi connectivity index (χ1n) is 16.1. The first-order chi connectivity index (χ1) is 21.6. The quantitative estimate of drug-likeness (QED) is 0.307. The number of rotatable bonds is 10. The molecule has 6 rings (SSSR count). The number of aliphatic hydroxyl groups excluding tert-OH is 1. The van der Waals surface area contributed by atoms with E-state index < -0.39 is 30.0 Å². The second-order valence-electron chi connectivity index (χ2n) is 13.4. The molecule has 240 valence electrons. The number of nitrogens with zero attached hydrogens (tertiary/aromatic N) is 2. The zero-order valence-corrected chi connectivity index (χ0v) is 26.4. The number of carbonyl (C=O) groups is 2. The third kappa shape index (κ3) is 5.77. The number of ether oxygens (including phenoxy) is 1. The highest BCUT2D eigenvalue weighted by atomic mass is 35.5. The fraction of sp³-hybridized carbons (Fsp3) is 0.500. The van der Waals surface area contributed by atoms with Gasteiger partial charge in [0.25, 0.3) is 0 Å². The van der Waals surface area contributed by atoms with Crippen molar-refractivity contribution in [1.82, 2.24) is 4.90 Å². The maximum absolute atomic E-state index is 13.3. The van der Waals surface area contributed by atoms with Crippen molar-refractivity contribution in [3.8, 4) is 5.75 Å². The van der Waals surface area contributed by atoms with Crippen LogP contribution in [0.2, 0.25) is 5.02 Å². The molecule has 2 heterocycles. The minimum absolute atomic E-state index is 0.0187. The van der Waals surface area contributed by atoms with Crippen LogP contribution in [0.4, 0.5) is 5.69 Å². The van der Waals surface area contributed by atoms with Crippen LogP contribution in [0.25, 0.3) is 0 Å². The molecule has 3 N–H and O–H groups in total. The van der Waals surface area contributed by atoms with Crippen LogP contribution >= 0.6 is 11.6 Å². The van der Waals surface area contributed by atoms with E-state index in [0.29, 0.717) is 49.1 Å². The highest BCUT2D eigenvalue weighted by Gasteiger charge is 2.47. The van der Waals surface area contributed by atoms with Gasteiger partial charge < -0.3 is 29.9 Å². The maximum atomic E-state index is 13.3. The van der Waals surface area contributed by atoms with E-state index in [1.807, 2.05) is 12.1 Å². The van der Waals surface area contributed by atoms with Crippen molar-refractivity contribution in [3.63, 3.8) is 0 Å². The van der Waals surface area contributed by atoms with Gasteiger partial charge in [0, 0.05) is 36.1 Å². The molecule has 2 aliphatic carbocycles. The molecule has 1 amide bonds. The number of aliphatic hydroxyl groups is 2. The van der Waals surface area contributed by atoms with Crippen LogP contribution < -0.4 is 9.64 Å². The van der Waals surface area contributed by atoms with Gasteiger partial charge in [0.1, 0.15) is 5.75 Å². The second kappa shape index (κ2) is 12.5. The molecule has 2 aromatic carbocycles. The van der Waals surface area contributed by atoms with Gasteiger partial charge in [0.2, 0.25) is 5.91 Å². The number of carboxylic acid groups (broad SMARTS) is 1. The number of hydrogen-bond acceptors (Lipinski definition) is 6. The van der Waals surface area contributed by atoms with E-state index in [2.05, 4.69) is 24.1 Å². The summed E-state index contributed by atoms with van der Waals surface area (Å²) in [7, 11) is 0. The van der Waals surface area contributed by atoms with Gasteiger partial charge in [-0.3, -0.25) is 4.79 Å². The number of likely N-dealkylation sites (tertiary alicyclic amines) is 1. The zero-order chi connectivity index (χ0) is 31.9. The third-order valence-corrected chi connectivity index (χ3v) is 11.0. The molecule has 0 radical (unpaired) electrons. The number of carbonyl (C=O) groups excluding carboxylic acids is 1. The summed E-state index contributed by atoms with van der Waals surface area (Å²) in [6, 6.07) is 11.0. The lowest BCUT2D eigenvalue weighted by atomic mass is 9.68. The molecule has 0 unspecified atom stereocenters. The second-order valence-corrected chi connectivity index (χ2v) is 13.8. The Kier molecular flexibility index (Phi) is 8.76. The molecule has 2 aromatic rings. The molecule has 1 spiro atoms. The lowest BCUT2D eigenvalue weighted by molar-refractivity contribution is -0.166. The smallest absolute Gasteiger partial charge is 0.340 e. The fourth-order valence-electron chi connectivity index (χ4n) is 7.93. The van der Waals surface area contributed by atoms with Crippen molar-refractivity contribution in [3.05, 3.63) is 83.4 Å². The van der Waals surface area contributed by atoms with Crippen LogP contribution in [0.3, 0.4) is 0 Å². The Morgan fingerprint density at radius 2 is 2.00 bits per heavy atom. The van der Waals surface area contributed by atoms with Crippen LogP contribution in [0.1, 0.15) is 61.6 Å². The first kappa shape index (κ1) is 31.6. The minimum Gasteiger partial charge on any atom is -0.490 e. The summed E-state index contributed by atoms with van der Waals surface area (Å²) in [4.78, 5) is 29.8. The standard InChI is InChI=1S/C36H43ClN2O6/c1-3-6-27-14-16-39(27)33(41)19-36(44,34(42)43)25-9-13-32-30(18-25)38(20-24-8-11-28(24)31(40)4-2)21-35(22-45-32)15-5-7-23-17-26(37)10-12-29(23)35/h3-4,9-10,12-13,17-18,24,27-28,31,40,44H,1-2,5-8,11,14-16,19-22H2,(H,42,43)/t24-,27-,28+,31-,35-,36+/m0/s1. The number of aliphatic carboxylic acids is 1. The topological polar surface area (TPSA) is 111 Å². The summed E-state index contributed by atoms with van der Waals surface area (Å²) >= 11 is 6.39. The number of amides is 1. The van der Waals surface area contributed by atoms with Crippen molar-refractivity contribution in [2.45, 2.75) is 74.5 Å². The molecule has 6 atom stereocenters. The van der Waals surface area contributed by atoms with Crippen molar-refractivity contribution in [1.29, 1.82) is 0 Å². The number of benzene rings is 2. The van der Waals surface area contributed by atoms with E-state index >= 15 is 0 Å². The summed E-state index contributed by atoms with van der Waals surface area (Å²) in [6.07, 6.45) is 8.34. The van der Waals surface area contributed by atoms with Gasteiger partial charge in [0.15, 0.2) is 5.60 Å². The molecular weight excluding hydrogens is 592 g/mol. The van der Waals surface area contributed by atoms with Crippen LogP contribution in [0, 0.1) is 11.8 Å². The summed E-state index contributed by atoms with van der Waals surface area (Å²) in [6.45, 7) is 9.77. The van der Waals surface area contributed by atoms with Crippen molar-refractivity contribution in [2.24, 2.45) is 11.8 Å². The Balaban J connectivity index is 1.37. The number of halogens is 1. The van der Waals surface area contributed by atoms with Crippen molar-refractivity contribution >= 4 is 29.2 Å².